The summed E-state index contributed by atoms with van der Waals surface area (Å²) >= 11 is 2.18. The van der Waals surface area contributed by atoms with Gasteiger partial charge in [-0.05, 0) is 83.4 Å². The number of aromatic nitrogens is 3. The average molecular weight is 505 g/mol. The second-order valence-corrected chi connectivity index (χ2v) is 8.42. The van der Waals surface area contributed by atoms with Gasteiger partial charge in [0, 0.05) is 9.09 Å². The Morgan fingerprint density at radius 3 is 2.53 bits per heavy atom. The van der Waals surface area contributed by atoms with Crippen molar-refractivity contribution >= 4 is 44.4 Å². The molecule has 146 valence electrons. The van der Waals surface area contributed by atoms with Crippen LogP contribution in [0.1, 0.15) is 5.56 Å². The Morgan fingerprint density at radius 1 is 0.933 bits per heavy atom. The molecule has 0 saturated heterocycles. The Morgan fingerprint density at radius 2 is 1.73 bits per heavy atom. The molecule has 5 rings (SSSR count). The molecule has 0 aliphatic rings. The zero-order valence-electron chi connectivity index (χ0n) is 16.0. The van der Waals surface area contributed by atoms with Crippen LogP contribution in [-0.4, -0.2) is 14.5 Å². The highest BCUT2D eigenvalue weighted by molar-refractivity contribution is 14.1. The number of H-pyrrole nitrogens is 1. The third kappa shape index (κ3) is 3.13. The number of rotatable bonds is 2. The lowest BCUT2D eigenvalue weighted by Crippen LogP contribution is -2.24. The van der Waals surface area contributed by atoms with E-state index in [9.17, 15) is 9.59 Å². The number of hydrogen-bond acceptors (Lipinski definition) is 3. The molecule has 0 amide bonds. The Labute approximate surface area is 185 Å². The van der Waals surface area contributed by atoms with Crippen LogP contribution < -0.4 is 11.1 Å². The molecule has 2 heterocycles. The van der Waals surface area contributed by atoms with E-state index in [4.69, 9.17) is 4.98 Å². The van der Waals surface area contributed by atoms with Crippen LogP contribution in [0.5, 0.6) is 0 Å². The third-order valence-corrected chi connectivity index (χ3v) is 5.76. The molecule has 3 aromatic carbocycles. The van der Waals surface area contributed by atoms with Crippen LogP contribution in [0.15, 0.2) is 82.4 Å². The van der Waals surface area contributed by atoms with Crippen molar-refractivity contribution in [2.45, 2.75) is 6.92 Å². The Kier molecular flexibility index (Phi) is 4.51. The molecule has 0 bridgehead atoms. The zero-order chi connectivity index (χ0) is 20.8. The summed E-state index contributed by atoms with van der Waals surface area (Å²) in [5, 5.41) is 1.41. The fourth-order valence-electron chi connectivity index (χ4n) is 3.65. The molecule has 0 aliphatic heterocycles. The molecular formula is C24H16IN3O2. The summed E-state index contributed by atoms with van der Waals surface area (Å²) in [6.07, 6.45) is 0. The highest BCUT2D eigenvalue weighted by atomic mass is 127. The van der Waals surface area contributed by atoms with Crippen molar-refractivity contribution in [1.29, 1.82) is 0 Å². The van der Waals surface area contributed by atoms with Crippen molar-refractivity contribution < 1.29 is 0 Å². The highest BCUT2D eigenvalue weighted by Gasteiger charge is 2.17. The number of fused-ring (bicyclic) bond motifs is 2. The van der Waals surface area contributed by atoms with E-state index >= 15 is 0 Å². The molecule has 0 aliphatic carbocycles. The molecule has 0 fully saturated rings. The van der Waals surface area contributed by atoms with E-state index in [2.05, 4.69) is 27.6 Å². The molecule has 5 aromatic rings. The molecular weight excluding hydrogens is 489 g/mol. The van der Waals surface area contributed by atoms with E-state index < -0.39 is 0 Å². The molecule has 5 nitrogen and oxygen atoms in total. The van der Waals surface area contributed by atoms with Crippen LogP contribution in [0, 0.1) is 10.5 Å². The summed E-state index contributed by atoms with van der Waals surface area (Å²) in [5.41, 5.74) is 2.92. The summed E-state index contributed by atoms with van der Waals surface area (Å²) in [6.45, 7) is 2.00. The first-order chi connectivity index (χ1) is 14.5. The molecule has 30 heavy (non-hydrogen) atoms. The van der Waals surface area contributed by atoms with Crippen LogP contribution in [0.3, 0.4) is 0 Å². The Balaban J connectivity index is 1.92. The van der Waals surface area contributed by atoms with Crippen molar-refractivity contribution in [3.63, 3.8) is 0 Å². The van der Waals surface area contributed by atoms with E-state index in [-0.39, 0.29) is 11.1 Å². The van der Waals surface area contributed by atoms with Crippen molar-refractivity contribution in [3.8, 4) is 17.1 Å². The number of benzene rings is 3. The van der Waals surface area contributed by atoms with Crippen LogP contribution in [0.2, 0.25) is 0 Å². The van der Waals surface area contributed by atoms with E-state index in [0.29, 0.717) is 28.0 Å². The lowest BCUT2D eigenvalue weighted by Gasteiger charge is -2.14. The van der Waals surface area contributed by atoms with Gasteiger partial charge >= 0.3 is 0 Å². The molecule has 2 aromatic heterocycles. The predicted molar refractivity (Wildman–Crippen MR) is 128 cm³/mol. The third-order valence-electron chi connectivity index (χ3n) is 5.09. The van der Waals surface area contributed by atoms with Gasteiger partial charge in [0.25, 0.3) is 11.1 Å². The summed E-state index contributed by atoms with van der Waals surface area (Å²) in [4.78, 5) is 34.2. The molecule has 0 spiro atoms. The maximum atomic E-state index is 13.5. The molecule has 0 saturated carbocycles. The summed E-state index contributed by atoms with van der Waals surface area (Å²) in [7, 11) is 0. The van der Waals surface area contributed by atoms with E-state index in [0.717, 1.165) is 20.0 Å². The maximum absolute atomic E-state index is 13.5. The van der Waals surface area contributed by atoms with Gasteiger partial charge in [0.05, 0.1) is 22.2 Å². The quantitative estimate of drug-likeness (QED) is 0.351. The first-order valence-electron chi connectivity index (χ1n) is 9.43. The second-order valence-electron chi connectivity index (χ2n) is 7.18. The number of hydrogen-bond donors (Lipinski definition) is 1. The predicted octanol–water partition coefficient (Wildman–Crippen LogP) is 4.81. The van der Waals surface area contributed by atoms with Gasteiger partial charge in [0.2, 0.25) is 0 Å². The number of halogens is 1. The highest BCUT2D eigenvalue weighted by Crippen LogP contribution is 2.23. The lowest BCUT2D eigenvalue weighted by atomic mass is 10.1. The van der Waals surface area contributed by atoms with Gasteiger partial charge in [-0.25, -0.2) is 4.98 Å². The SMILES string of the molecule is Cc1ccc2[nH]c(=O)c(-c3nc4ccc(I)cc4c(=O)n3-c3ccccc3)cc2c1. The average Bonchev–Trinajstić information content (AvgIpc) is 2.74. The first kappa shape index (κ1) is 18.7. The molecule has 0 atom stereocenters. The summed E-state index contributed by atoms with van der Waals surface area (Å²) in [5.74, 6) is 0.324. The van der Waals surface area contributed by atoms with E-state index in [1.807, 2.05) is 73.7 Å². The Hall–Kier alpha value is -3.26. The van der Waals surface area contributed by atoms with Crippen molar-refractivity contribution in [2.75, 3.05) is 0 Å². The monoisotopic (exact) mass is 505 g/mol. The Bertz CT molecular complexity index is 1550. The number of nitrogens with one attached hydrogen (secondary N) is 1. The maximum Gasteiger partial charge on any atom is 0.266 e. The molecule has 6 heteroatoms. The van der Waals surface area contributed by atoms with Gasteiger partial charge in [-0.3, -0.25) is 14.2 Å². The lowest BCUT2D eigenvalue weighted by molar-refractivity contribution is 0.971. The van der Waals surface area contributed by atoms with Gasteiger partial charge in [0.1, 0.15) is 0 Å². The molecule has 0 unspecified atom stereocenters. The fraction of sp³-hybridized carbons (Fsp3) is 0.0417. The number of pyridine rings is 1. The number of aryl methyl sites for hydroxylation is 1. The van der Waals surface area contributed by atoms with E-state index in [1.54, 1.807) is 6.07 Å². The first-order valence-corrected chi connectivity index (χ1v) is 10.5. The summed E-state index contributed by atoms with van der Waals surface area (Å²) < 4.78 is 2.47. The van der Waals surface area contributed by atoms with Gasteiger partial charge in [-0.2, -0.15) is 0 Å². The second kappa shape index (κ2) is 7.21. The minimum absolute atomic E-state index is 0.205. The van der Waals surface area contributed by atoms with Gasteiger partial charge in [-0.1, -0.05) is 29.8 Å². The van der Waals surface area contributed by atoms with Crippen LogP contribution in [-0.2, 0) is 0 Å². The van der Waals surface area contributed by atoms with E-state index in [1.165, 1.54) is 4.57 Å². The summed E-state index contributed by atoms with van der Waals surface area (Å²) in [6, 6.07) is 22.5. The van der Waals surface area contributed by atoms with Crippen LogP contribution in [0.4, 0.5) is 0 Å². The standard InChI is InChI=1S/C24H16IN3O2/c1-14-7-9-20-15(11-14)12-19(23(29)27-20)22-26-21-10-8-16(25)13-18(21)24(30)28(22)17-5-3-2-4-6-17/h2-13H,1H3,(H,27,29). The van der Waals surface area contributed by atoms with Crippen LogP contribution >= 0.6 is 22.6 Å². The number of para-hydroxylation sites is 1. The minimum atomic E-state index is -0.284. The number of nitrogens with zero attached hydrogens (tertiary/aromatic N) is 2. The minimum Gasteiger partial charge on any atom is -0.321 e. The van der Waals surface area contributed by atoms with Crippen LogP contribution in [0.25, 0.3) is 38.9 Å². The van der Waals surface area contributed by atoms with Crippen molar-refractivity contribution in [2.24, 2.45) is 0 Å². The number of aromatic amines is 1. The zero-order valence-corrected chi connectivity index (χ0v) is 18.2. The largest absolute Gasteiger partial charge is 0.321 e. The van der Waals surface area contributed by atoms with Crippen molar-refractivity contribution in [3.05, 3.63) is 103 Å². The van der Waals surface area contributed by atoms with Gasteiger partial charge in [-0.15, -0.1) is 0 Å². The topological polar surface area (TPSA) is 67.8 Å². The van der Waals surface area contributed by atoms with Crippen molar-refractivity contribution in [1.82, 2.24) is 14.5 Å². The van der Waals surface area contributed by atoms with Gasteiger partial charge < -0.3 is 4.98 Å². The van der Waals surface area contributed by atoms with Gasteiger partial charge in [0.15, 0.2) is 5.82 Å². The molecule has 1 N–H and O–H groups in total. The normalized spacial score (nSPS) is 11.3. The molecule has 0 radical (unpaired) electrons. The smallest absolute Gasteiger partial charge is 0.266 e. The fourth-order valence-corrected chi connectivity index (χ4v) is 4.14.